The second-order valence-electron chi connectivity index (χ2n) is 3.71. The molecule has 0 aliphatic rings. The molecule has 2 aromatic heterocycles. The molecule has 0 unspecified atom stereocenters. The number of aryl methyl sites for hydroxylation is 1. The van der Waals surface area contributed by atoms with Gasteiger partial charge in [-0.1, -0.05) is 6.92 Å². The van der Waals surface area contributed by atoms with Crippen molar-refractivity contribution in [3.8, 4) is 5.69 Å². The van der Waals surface area contributed by atoms with Crippen molar-refractivity contribution in [1.29, 1.82) is 0 Å². The molecule has 0 radical (unpaired) electrons. The maximum absolute atomic E-state index is 4.28. The van der Waals surface area contributed by atoms with Crippen LogP contribution in [0.15, 0.2) is 30.7 Å². The van der Waals surface area contributed by atoms with Crippen LogP contribution in [0.2, 0.25) is 0 Å². The average Bonchev–Trinajstić information content (AvgIpc) is 2.75. The number of nitrogens with zero attached hydrogens (tertiary/aromatic N) is 3. The van der Waals surface area contributed by atoms with Gasteiger partial charge in [0.15, 0.2) is 0 Å². The highest BCUT2D eigenvalue weighted by Gasteiger charge is 2.03. The summed E-state index contributed by atoms with van der Waals surface area (Å²) in [5.74, 6) is 0.868. The van der Waals surface area contributed by atoms with E-state index in [1.807, 2.05) is 36.0 Å². The first kappa shape index (κ1) is 10.7. The highest BCUT2D eigenvalue weighted by molar-refractivity contribution is 5.40. The van der Waals surface area contributed by atoms with Crippen molar-refractivity contribution in [3.05, 3.63) is 36.4 Å². The third kappa shape index (κ3) is 2.21. The van der Waals surface area contributed by atoms with Crippen molar-refractivity contribution in [3.63, 3.8) is 0 Å². The predicted molar refractivity (Wildman–Crippen MR) is 64.9 cm³/mol. The summed E-state index contributed by atoms with van der Waals surface area (Å²) in [6.45, 7) is 5.04. The number of hydrogen-bond donors (Lipinski definition) is 1. The first-order chi connectivity index (χ1) is 7.81. The topological polar surface area (TPSA) is 42.7 Å². The minimum absolute atomic E-state index is 0.868. The highest BCUT2D eigenvalue weighted by Crippen LogP contribution is 2.13. The van der Waals surface area contributed by atoms with Gasteiger partial charge in [0, 0.05) is 24.6 Å². The summed E-state index contributed by atoms with van der Waals surface area (Å²) in [5.41, 5.74) is 2.05. The monoisotopic (exact) mass is 216 g/mol. The van der Waals surface area contributed by atoms with Crippen LogP contribution in [0.25, 0.3) is 5.69 Å². The van der Waals surface area contributed by atoms with Gasteiger partial charge >= 0.3 is 0 Å². The van der Waals surface area contributed by atoms with Crippen LogP contribution in [-0.4, -0.2) is 21.1 Å². The van der Waals surface area contributed by atoms with Crippen LogP contribution in [0.1, 0.15) is 19.0 Å². The second kappa shape index (κ2) is 4.79. The van der Waals surface area contributed by atoms with Crippen molar-refractivity contribution in [2.45, 2.75) is 20.3 Å². The predicted octanol–water partition coefficient (Wildman–Crippen LogP) is 2.40. The van der Waals surface area contributed by atoms with Gasteiger partial charge < -0.3 is 5.32 Å². The zero-order chi connectivity index (χ0) is 11.4. The Morgan fingerprint density at radius 3 is 2.88 bits per heavy atom. The third-order valence-corrected chi connectivity index (χ3v) is 2.35. The van der Waals surface area contributed by atoms with E-state index in [2.05, 4.69) is 22.2 Å². The zero-order valence-electron chi connectivity index (χ0n) is 9.64. The fourth-order valence-corrected chi connectivity index (χ4v) is 1.48. The van der Waals surface area contributed by atoms with Gasteiger partial charge in [0.2, 0.25) is 5.95 Å². The van der Waals surface area contributed by atoms with Crippen molar-refractivity contribution < 1.29 is 0 Å². The van der Waals surface area contributed by atoms with Crippen molar-refractivity contribution >= 4 is 5.95 Å². The molecule has 16 heavy (non-hydrogen) atoms. The lowest BCUT2D eigenvalue weighted by Gasteiger charge is -2.08. The summed E-state index contributed by atoms with van der Waals surface area (Å²) >= 11 is 0. The van der Waals surface area contributed by atoms with E-state index >= 15 is 0 Å². The first-order valence-electron chi connectivity index (χ1n) is 5.51. The Bertz CT molecular complexity index is 444. The second-order valence-corrected chi connectivity index (χ2v) is 3.71. The lowest BCUT2D eigenvalue weighted by atomic mass is 10.3. The number of imidazole rings is 1. The van der Waals surface area contributed by atoms with Crippen molar-refractivity contribution in [1.82, 2.24) is 14.5 Å². The minimum Gasteiger partial charge on any atom is -0.355 e. The van der Waals surface area contributed by atoms with Gasteiger partial charge in [-0.3, -0.25) is 9.55 Å². The van der Waals surface area contributed by atoms with Crippen LogP contribution in [0, 0.1) is 6.92 Å². The maximum Gasteiger partial charge on any atom is 0.207 e. The van der Waals surface area contributed by atoms with Gasteiger partial charge in [0.05, 0.1) is 11.9 Å². The molecule has 0 bridgehead atoms. The van der Waals surface area contributed by atoms with E-state index in [0.29, 0.717) is 0 Å². The molecule has 0 saturated heterocycles. The van der Waals surface area contributed by atoms with E-state index in [0.717, 1.165) is 30.3 Å². The van der Waals surface area contributed by atoms with Gasteiger partial charge in [-0.2, -0.15) is 0 Å². The Labute approximate surface area is 95.4 Å². The number of hydrogen-bond acceptors (Lipinski definition) is 3. The van der Waals surface area contributed by atoms with Gasteiger partial charge in [-0.15, -0.1) is 0 Å². The Balaban J connectivity index is 2.26. The fourth-order valence-electron chi connectivity index (χ4n) is 1.48. The molecule has 0 amide bonds. The van der Waals surface area contributed by atoms with Gasteiger partial charge in [-0.25, -0.2) is 4.98 Å². The van der Waals surface area contributed by atoms with Crippen molar-refractivity contribution in [2.24, 2.45) is 0 Å². The van der Waals surface area contributed by atoms with E-state index in [9.17, 15) is 0 Å². The lowest BCUT2D eigenvalue weighted by molar-refractivity contribution is 0.933. The highest BCUT2D eigenvalue weighted by atomic mass is 15.2. The summed E-state index contributed by atoms with van der Waals surface area (Å²) in [4.78, 5) is 8.56. The lowest BCUT2D eigenvalue weighted by Crippen LogP contribution is -2.06. The SMILES string of the molecule is CCCNc1nccn1-c1ccc(C)nc1. The maximum atomic E-state index is 4.28. The number of aromatic nitrogens is 3. The number of anilines is 1. The largest absolute Gasteiger partial charge is 0.355 e. The van der Waals surface area contributed by atoms with E-state index in [-0.39, 0.29) is 0 Å². The number of nitrogens with one attached hydrogen (secondary N) is 1. The van der Waals surface area contributed by atoms with Gasteiger partial charge in [0.1, 0.15) is 0 Å². The molecule has 84 valence electrons. The molecular formula is C12H16N4. The molecule has 2 heterocycles. The molecule has 0 atom stereocenters. The van der Waals surface area contributed by atoms with Crippen LogP contribution < -0.4 is 5.32 Å². The Morgan fingerprint density at radius 1 is 1.31 bits per heavy atom. The Kier molecular flexibility index (Phi) is 3.19. The van der Waals surface area contributed by atoms with Gasteiger partial charge in [-0.05, 0) is 25.5 Å². The summed E-state index contributed by atoms with van der Waals surface area (Å²) in [7, 11) is 0. The molecule has 4 heteroatoms. The van der Waals surface area contributed by atoms with Crippen LogP contribution in [0.3, 0.4) is 0 Å². The van der Waals surface area contributed by atoms with E-state index in [4.69, 9.17) is 0 Å². The molecule has 0 aliphatic carbocycles. The summed E-state index contributed by atoms with van der Waals surface area (Å²) in [6.07, 6.45) is 6.66. The molecule has 0 spiro atoms. The minimum atomic E-state index is 0.868. The number of pyridine rings is 1. The molecule has 0 aromatic carbocycles. The van der Waals surface area contributed by atoms with Gasteiger partial charge in [0.25, 0.3) is 0 Å². The summed E-state index contributed by atoms with van der Waals surface area (Å²) < 4.78 is 2.00. The first-order valence-corrected chi connectivity index (χ1v) is 5.51. The van der Waals surface area contributed by atoms with E-state index < -0.39 is 0 Å². The molecule has 0 fully saturated rings. The van der Waals surface area contributed by atoms with Crippen LogP contribution in [0.4, 0.5) is 5.95 Å². The van der Waals surface area contributed by atoms with Crippen molar-refractivity contribution in [2.75, 3.05) is 11.9 Å². The smallest absolute Gasteiger partial charge is 0.207 e. The Morgan fingerprint density at radius 2 is 2.19 bits per heavy atom. The zero-order valence-corrected chi connectivity index (χ0v) is 9.64. The van der Waals surface area contributed by atoms with Crippen LogP contribution >= 0.6 is 0 Å². The van der Waals surface area contributed by atoms with E-state index in [1.54, 1.807) is 6.20 Å². The summed E-state index contributed by atoms with van der Waals surface area (Å²) in [5, 5.41) is 3.28. The Hall–Kier alpha value is -1.84. The fraction of sp³-hybridized carbons (Fsp3) is 0.333. The van der Waals surface area contributed by atoms with Crippen LogP contribution in [-0.2, 0) is 0 Å². The molecule has 0 aliphatic heterocycles. The van der Waals surface area contributed by atoms with E-state index in [1.165, 1.54) is 0 Å². The summed E-state index contributed by atoms with van der Waals surface area (Å²) in [6, 6.07) is 4.04. The molecular weight excluding hydrogens is 200 g/mol. The molecule has 2 aromatic rings. The standard InChI is InChI=1S/C12H16N4/c1-3-6-13-12-14-7-8-16(12)11-5-4-10(2)15-9-11/h4-5,7-9H,3,6H2,1-2H3,(H,13,14). The molecule has 2 rings (SSSR count). The molecule has 0 saturated carbocycles. The van der Waals surface area contributed by atoms with Crippen LogP contribution in [0.5, 0.6) is 0 Å². The average molecular weight is 216 g/mol. The normalized spacial score (nSPS) is 10.4. The number of rotatable bonds is 4. The molecule has 1 N–H and O–H groups in total. The molecule has 4 nitrogen and oxygen atoms in total. The third-order valence-electron chi connectivity index (χ3n) is 2.35. The quantitative estimate of drug-likeness (QED) is 0.853.